The number of aliphatic hydroxyl groups is 1. The van der Waals surface area contributed by atoms with Gasteiger partial charge in [0.25, 0.3) is 0 Å². The lowest BCUT2D eigenvalue weighted by atomic mass is 10.1. The van der Waals surface area contributed by atoms with Gasteiger partial charge in [0.05, 0.1) is 30.5 Å². The van der Waals surface area contributed by atoms with E-state index in [0.29, 0.717) is 0 Å². The van der Waals surface area contributed by atoms with Crippen LogP contribution in [0.25, 0.3) is 5.69 Å². The average Bonchev–Trinajstić information content (AvgIpc) is 2.83. The number of halogens is 1. The summed E-state index contributed by atoms with van der Waals surface area (Å²) in [5.41, 5.74) is 3.16. The first-order valence-corrected chi connectivity index (χ1v) is 8.05. The summed E-state index contributed by atoms with van der Waals surface area (Å²) < 4.78 is 19.7. The number of aryl methyl sites for hydroxylation is 1. The molecule has 0 bridgehead atoms. The van der Waals surface area contributed by atoms with Gasteiger partial charge in [-0.15, -0.1) is 0 Å². The van der Waals surface area contributed by atoms with Crippen LogP contribution < -0.4 is 0 Å². The molecular formula is C18H24FN3O3. The maximum absolute atomic E-state index is 13.1. The number of methoxy groups -OCH3 is 1. The highest BCUT2D eigenvalue weighted by Crippen LogP contribution is 2.19. The minimum absolute atomic E-state index is 0.111. The lowest BCUT2D eigenvalue weighted by molar-refractivity contribution is -0.130. The van der Waals surface area contributed by atoms with Crippen LogP contribution in [0, 0.1) is 19.7 Å². The van der Waals surface area contributed by atoms with E-state index in [0.717, 1.165) is 22.6 Å². The van der Waals surface area contributed by atoms with E-state index in [1.165, 1.54) is 24.1 Å². The van der Waals surface area contributed by atoms with Crippen LogP contribution in [-0.2, 0) is 16.0 Å². The first kappa shape index (κ1) is 19.1. The fourth-order valence-corrected chi connectivity index (χ4v) is 2.71. The molecule has 1 unspecified atom stereocenters. The molecule has 0 aliphatic heterocycles. The first-order valence-electron chi connectivity index (χ1n) is 8.05. The Hall–Kier alpha value is -2.25. The molecule has 2 aromatic rings. The zero-order valence-electron chi connectivity index (χ0n) is 15.0. The quantitative estimate of drug-likeness (QED) is 0.825. The fourth-order valence-electron chi connectivity index (χ4n) is 2.71. The van der Waals surface area contributed by atoms with Gasteiger partial charge in [0, 0.05) is 32.0 Å². The number of amides is 1. The molecule has 0 aliphatic carbocycles. The van der Waals surface area contributed by atoms with Crippen molar-refractivity contribution in [2.24, 2.45) is 0 Å². The van der Waals surface area contributed by atoms with Crippen LogP contribution in [0.1, 0.15) is 17.0 Å². The molecule has 1 heterocycles. The van der Waals surface area contributed by atoms with E-state index in [1.807, 2.05) is 13.8 Å². The standard InChI is InChI=1S/C18H24FN3O3/c1-12-17(9-18(24)21(3)10-16(23)11-25-4)13(2)22(20-12)15-7-5-14(19)6-8-15/h5-8,16,23H,9-11H2,1-4H3. The van der Waals surface area contributed by atoms with Gasteiger partial charge >= 0.3 is 0 Å². The second kappa shape index (κ2) is 8.22. The van der Waals surface area contributed by atoms with Gasteiger partial charge in [0.2, 0.25) is 5.91 Å². The van der Waals surface area contributed by atoms with Crippen LogP contribution in [0.2, 0.25) is 0 Å². The van der Waals surface area contributed by atoms with E-state index in [-0.39, 0.29) is 31.3 Å². The Labute approximate surface area is 146 Å². The predicted octanol–water partition coefficient (Wildman–Crippen LogP) is 1.64. The Bertz CT molecular complexity index is 728. The molecule has 2 rings (SSSR count). The van der Waals surface area contributed by atoms with Gasteiger partial charge in [-0.2, -0.15) is 5.10 Å². The number of benzene rings is 1. The summed E-state index contributed by atoms with van der Waals surface area (Å²) >= 11 is 0. The molecule has 7 heteroatoms. The molecule has 136 valence electrons. The Balaban J connectivity index is 2.15. The predicted molar refractivity (Wildman–Crippen MR) is 92.2 cm³/mol. The molecule has 0 fully saturated rings. The van der Waals surface area contributed by atoms with Gasteiger partial charge < -0.3 is 14.7 Å². The molecule has 1 aromatic heterocycles. The Morgan fingerprint density at radius 1 is 1.36 bits per heavy atom. The Morgan fingerprint density at radius 3 is 2.60 bits per heavy atom. The molecule has 0 saturated heterocycles. The maximum Gasteiger partial charge on any atom is 0.226 e. The summed E-state index contributed by atoms with van der Waals surface area (Å²) in [7, 11) is 3.15. The lowest BCUT2D eigenvalue weighted by Gasteiger charge is -2.20. The number of aromatic nitrogens is 2. The number of ether oxygens (including phenoxy) is 1. The van der Waals surface area contributed by atoms with Crippen LogP contribution in [0.3, 0.4) is 0 Å². The summed E-state index contributed by atoms with van der Waals surface area (Å²) in [5, 5.41) is 14.2. The van der Waals surface area contributed by atoms with E-state index in [1.54, 1.807) is 23.9 Å². The van der Waals surface area contributed by atoms with Gasteiger partial charge in [-0.1, -0.05) is 0 Å². The number of nitrogens with zero attached hydrogens (tertiary/aromatic N) is 3. The molecule has 0 radical (unpaired) electrons. The number of carbonyl (C=O) groups excluding carboxylic acids is 1. The van der Waals surface area contributed by atoms with Crippen LogP contribution in [0.15, 0.2) is 24.3 Å². The van der Waals surface area contributed by atoms with Gasteiger partial charge in [-0.25, -0.2) is 9.07 Å². The van der Waals surface area contributed by atoms with Gasteiger partial charge in [0.15, 0.2) is 0 Å². The Kier molecular flexibility index (Phi) is 6.27. The summed E-state index contributed by atoms with van der Waals surface area (Å²) in [6, 6.07) is 6.05. The fraction of sp³-hybridized carbons (Fsp3) is 0.444. The normalized spacial score (nSPS) is 12.2. The molecule has 1 amide bonds. The van der Waals surface area contributed by atoms with Crippen LogP contribution in [0.4, 0.5) is 4.39 Å². The molecule has 0 aliphatic rings. The molecule has 1 N–H and O–H groups in total. The first-order chi connectivity index (χ1) is 11.8. The number of likely N-dealkylation sites (N-methyl/N-ethyl adjacent to an activating group) is 1. The van der Waals surface area contributed by atoms with Crippen molar-refractivity contribution in [2.45, 2.75) is 26.4 Å². The van der Waals surface area contributed by atoms with Crippen molar-refractivity contribution in [3.8, 4) is 5.69 Å². The SMILES string of the molecule is COCC(O)CN(C)C(=O)Cc1c(C)nn(-c2ccc(F)cc2)c1C. The van der Waals surface area contributed by atoms with Crippen molar-refractivity contribution < 1.29 is 19.0 Å². The zero-order valence-corrected chi connectivity index (χ0v) is 15.0. The molecule has 1 atom stereocenters. The topological polar surface area (TPSA) is 67.6 Å². The highest BCUT2D eigenvalue weighted by molar-refractivity contribution is 5.79. The number of carbonyl (C=O) groups is 1. The highest BCUT2D eigenvalue weighted by Gasteiger charge is 2.19. The number of aliphatic hydroxyl groups excluding tert-OH is 1. The molecule has 1 aromatic carbocycles. The van der Waals surface area contributed by atoms with Gasteiger partial charge in [-0.3, -0.25) is 4.79 Å². The summed E-state index contributed by atoms with van der Waals surface area (Å²) in [6.07, 6.45) is -0.530. The van der Waals surface area contributed by atoms with Gasteiger partial charge in [-0.05, 0) is 38.1 Å². The molecule has 0 saturated carbocycles. The van der Waals surface area contributed by atoms with Crippen molar-refractivity contribution in [3.05, 3.63) is 47.0 Å². The van der Waals surface area contributed by atoms with E-state index in [2.05, 4.69) is 5.10 Å². The smallest absolute Gasteiger partial charge is 0.226 e. The molecule has 25 heavy (non-hydrogen) atoms. The van der Waals surface area contributed by atoms with Crippen LogP contribution >= 0.6 is 0 Å². The van der Waals surface area contributed by atoms with Crippen molar-refractivity contribution in [3.63, 3.8) is 0 Å². The third-order valence-electron chi connectivity index (χ3n) is 4.11. The average molecular weight is 349 g/mol. The maximum atomic E-state index is 13.1. The Morgan fingerprint density at radius 2 is 2.00 bits per heavy atom. The molecule has 6 nitrogen and oxygen atoms in total. The van der Waals surface area contributed by atoms with Crippen molar-refractivity contribution in [1.29, 1.82) is 0 Å². The summed E-state index contributed by atoms with van der Waals surface area (Å²) in [6.45, 7) is 4.11. The van der Waals surface area contributed by atoms with Gasteiger partial charge in [0.1, 0.15) is 5.82 Å². The van der Waals surface area contributed by atoms with Crippen molar-refractivity contribution in [1.82, 2.24) is 14.7 Å². The van der Waals surface area contributed by atoms with Crippen LogP contribution in [0.5, 0.6) is 0 Å². The third-order valence-corrected chi connectivity index (χ3v) is 4.11. The van der Waals surface area contributed by atoms with Crippen LogP contribution in [-0.4, -0.2) is 59.1 Å². The number of rotatable bonds is 7. The molecular weight excluding hydrogens is 325 g/mol. The van der Waals surface area contributed by atoms with Crippen molar-refractivity contribution >= 4 is 5.91 Å². The summed E-state index contributed by atoms with van der Waals surface area (Å²) in [5.74, 6) is -0.420. The van der Waals surface area contributed by atoms with E-state index < -0.39 is 6.10 Å². The highest BCUT2D eigenvalue weighted by atomic mass is 19.1. The zero-order chi connectivity index (χ0) is 18.6. The van der Waals surface area contributed by atoms with E-state index in [4.69, 9.17) is 4.74 Å². The lowest BCUT2D eigenvalue weighted by Crippen LogP contribution is -2.37. The summed E-state index contributed by atoms with van der Waals surface area (Å²) in [4.78, 5) is 13.9. The third kappa shape index (κ3) is 4.64. The number of hydrogen-bond acceptors (Lipinski definition) is 4. The van der Waals surface area contributed by atoms with E-state index in [9.17, 15) is 14.3 Å². The van der Waals surface area contributed by atoms with Crippen molar-refractivity contribution in [2.75, 3.05) is 27.3 Å². The minimum Gasteiger partial charge on any atom is -0.389 e. The second-order valence-corrected chi connectivity index (χ2v) is 6.10. The second-order valence-electron chi connectivity index (χ2n) is 6.10. The number of hydrogen-bond donors (Lipinski definition) is 1. The monoisotopic (exact) mass is 349 g/mol. The largest absolute Gasteiger partial charge is 0.389 e. The molecule has 0 spiro atoms. The minimum atomic E-state index is -0.719. The van der Waals surface area contributed by atoms with E-state index >= 15 is 0 Å².